The fourth-order valence-electron chi connectivity index (χ4n) is 5.28. The SMILES string of the molecule is CNc1nc(C)nc2c1ncn2[C@@H]1O[C@H](COC(=O)CC2CCCCC2)[C@@H](OC(=O)CC(C)C)[C@@]1(C)F. The molecule has 204 valence electrons. The van der Waals surface area contributed by atoms with Crippen LogP contribution in [0, 0.1) is 18.8 Å². The molecule has 0 aromatic carbocycles. The standard InChI is InChI=1S/C26H38FN5O5/c1-15(2)11-20(34)37-22-18(13-35-19(33)12-17-9-7-6-8-10-17)36-25(26(22,4)27)32-14-29-21-23(28-5)30-16(3)31-24(21)32/h14-15,17-18,22,25H,6-13H2,1-5H3,(H,28,30,31)/t18-,22-,25-,26-/m1/s1. The van der Waals surface area contributed by atoms with Crippen molar-refractivity contribution in [3.8, 4) is 0 Å². The van der Waals surface area contributed by atoms with E-state index in [0.29, 0.717) is 35.1 Å². The average molecular weight is 520 g/mol. The van der Waals surface area contributed by atoms with Crippen LogP contribution >= 0.6 is 0 Å². The summed E-state index contributed by atoms with van der Waals surface area (Å²) in [6, 6.07) is 0. The predicted molar refractivity (Wildman–Crippen MR) is 135 cm³/mol. The van der Waals surface area contributed by atoms with E-state index < -0.39 is 30.1 Å². The normalized spacial score (nSPS) is 26.5. The van der Waals surface area contributed by atoms with Gasteiger partial charge < -0.3 is 19.5 Å². The van der Waals surface area contributed by atoms with E-state index >= 15 is 4.39 Å². The minimum atomic E-state index is -2.15. The smallest absolute Gasteiger partial charge is 0.306 e. The number of carbonyl (C=O) groups is 2. The third kappa shape index (κ3) is 6.02. The number of nitrogens with zero attached hydrogens (tertiary/aromatic N) is 4. The zero-order chi connectivity index (χ0) is 26.7. The minimum Gasteiger partial charge on any atom is -0.463 e. The van der Waals surface area contributed by atoms with Crippen LogP contribution in [0.1, 0.15) is 77.8 Å². The highest BCUT2D eigenvalue weighted by Crippen LogP contribution is 2.44. The van der Waals surface area contributed by atoms with Crippen LogP contribution in [0.15, 0.2) is 6.33 Å². The van der Waals surface area contributed by atoms with E-state index in [-0.39, 0.29) is 24.9 Å². The summed E-state index contributed by atoms with van der Waals surface area (Å²) in [7, 11) is 1.72. The Morgan fingerprint density at radius 1 is 1.24 bits per heavy atom. The van der Waals surface area contributed by atoms with Gasteiger partial charge in [-0.2, -0.15) is 0 Å². The van der Waals surface area contributed by atoms with Crippen LogP contribution in [0.4, 0.5) is 10.2 Å². The molecule has 0 spiro atoms. The molecule has 0 unspecified atom stereocenters. The lowest BCUT2D eigenvalue weighted by atomic mass is 9.87. The van der Waals surface area contributed by atoms with Gasteiger partial charge in [-0.1, -0.05) is 33.1 Å². The van der Waals surface area contributed by atoms with E-state index in [4.69, 9.17) is 14.2 Å². The summed E-state index contributed by atoms with van der Waals surface area (Å²) >= 11 is 0. The van der Waals surface area contributed by atoms with Gasteiger partial charge in [0, 0.05) is 19.9 Å². The minimum absolute atomic E-state index is 0.0421. The van der Waals surface area contributed by atoms with Gasteiger partial charge in [-0.25, -0.2) is 19.3 Å². The van der Waals surface area contributed by atoms with Gasteiger partial charge in [0.05, 0.1) is 6.33 Å². The summed E-state index contributed by atoms with van der Waals surface area (Å²) in [4.78, 5) is 38.3. The molecule has 37 heavy (non-hydrogen) atoms. The summed E-state index contributed by atoms with van der Waals surface area (Å²) in [5.74, 6) is 0.463. The Balaban J connectivity index is 1.57. The second kappa shape index (κ2) is 11.3. The molecule has 2 aromatic rings. The molecule has 4 atom stereocenters. The molecular formula is C26H38FN5O5. The molecule has 0 radical (unpaired) electrons. The van der Waals surface area contributed by atoms with Gasteiger partial charge in [0.1, 0.15) is 18.5 Å². The van der Waals surface area contributed by atoms with Crippen molar-refractivity contribution in [1.29, 1.82) is 0 Å². The number of esters is 2. The molecule has 1 aliphatic carbocycles. The van der Waals surface area contributed by atoms with Crippen LogP contribution in [0.2, 0.25) is 0 Å². The number of rotatable bonds is 9. The van der Waals surface area contributed by atoms with Gasteiger partial charge in [0.25, 0.3) is 0 Å². The van der Waals surface area contributed by atoms with Gasteiger partial charge in [0.2, 0.25) is 0 Å². The number of carbonyl (C=O) groups excluding carboxylic acids is 2. The van der Waals surface area contributed by atoms with Crippen molar-refractivity contribution in [2.24, 2.45) is 11.8 Å². The number of alkyl halides is 1. The van der Waals surface area contributed by atoms with Crippen LogP contribution in [0.25, 0.3) is 11.2 Å². The number of halogens is 1. The van der Waals surface area contributed by atoms with Crippen LogP contribution in [0.3, 0.4) is 0 Å². The van der Waals surface area contributed by atoms with Crippen molar-refractivity contribution < 1.29 is 28.2 Å². The number of ether oxygens (including phenoxy) is 3. The van der Waals surface area contributed by atoms with Gasteiger partial charge in [-0.15, -0.1) is 0 Å². The lowest BCUT2D eigenvalue weighted by Gasteiger charge is -2.28. The Morgan fingerprint density at radius 3 is 2.65 bits per heavy atom. The molecule has 10 nitrogen and oxygen atoms in total. The van der Waals surface area contributed by atoms with Gasteiger partial charge in [0.15, 0.2) is 35.0 Å². The Labute approximate surface area is 216 Å². The van der Waals surface area contributed by atoms with Gasteiger partial charge >= 0.3 is 11.9 Å². The first-order valence-electron chi connectivity index (χ1n) is 13.2. The Kier molecular flexibility index (Phi) is 8.30. The van der Waals surface area contributed by atoms with E-state index in [2.05, 4.69) is 20.3 Å². The van der Waals surface area contributed by atoms with Gasteiger partial charge in [-0.3, -0.25) is 14.2 Å². The van der Waals surface area contributed by atoms with Crippen LogP contribution in [-0.2, 0) is 23.8 Å². The molecule has 1 N–H and O–H groups in total. The summed E-state index contributed by atoms with van der Waals surface area (Å²) in [6.45, 7) is 6.60. The highest BCUT2D eigenvalue weighted by atomic mass is 19.1. The van der Waals surface area contributed by atoms with E-state index in [0.717, 1.165) is 25.7 Å². The van der Waals surface area contributed by atoms with Gasteiger partial charge in [-0.05, 0) is 38.5 Å². The van der Waals surface area contributed by atoms with E-state index in [1.165, 1.54) is 24.2 Å². The highest BCUT2D eigenvalue weighted by molar-refractivity contribution is 5.83. The van der Waals surface area contributed by atoms with E-state index in [1.54, 1.807) is 14.0 Å². The maximum absolute atomic E-state index is 16.5. The monoisotopic (exact) mass is 519 g/mol. The number of hydrogen-bond donors (Lipinski definition) is 1. The fourth-order valence-corrected chi connectivity index (χ4v) is 5.28. The molecule has 1 aliphatic heterocycles. The lowest BCUT2D eigenvalue weighted by Crippen LogP contribution is -2.44. The summed E-state index contributed by atoms with van der Waals surface area (Å²) in [5, 5.41) is 2.98. The first-order valence-corrected chi connectivity index (χ1v) is 13.2. The second-order valence-corrected chi connectivity index (χ2v) is 10.8. The quantitative estimate of drug-likeness (QED) is 0.485. The topological polar surface area (TPSA) is 117 Å². The molecule has 11 heteroatoms. The second-order valence-electron chi connectivity index (χ2n) is 10.8. The van der Waals surface area contributed by atoms with Crippen molar-refractivity contribution in [2.75, 3.05) is 19.0 Å². The molecule has 1 saturated heterocycles. The van der Waals surface area contributed by atoms with E-state index in [1.807, 2.05) is 13.8 Å². The van der Waals surface area contributed by atoms with E-state index in [9.17, 15) is 9.59 Å². The number of hydrogen-bond acceptors (Lipinski definition) is 9. The first-order chi connectivity index (χ1) is 17.6. The fraction of sp³-hybridized carbons (Fsp3) is 0.731. The Bertz CT molecular complexity index is 1110. The van der Waals surface area contributed by atoms with Crippen LogP contribution in [-0.4, -0.2) is 63.0 Å². The molecule has 2 aliphatic rings. The molecule has 2 aromatic heterocycles. The van der Waals surface area contributed by atoms with Crippen LogP contribution < -0.4 is 5.32 Å². The first kappa shape index (κ1) is 27.2. The molecular weight excluding hydrogens is 481 g/mol. The number of fused-ring (bicyclic) bond motifs is 1. The van der Waals surface area contributed by atoms with Crippen molar-refractivity contribution in [1.82, 2.24) is 19.5 Å². The third-order valence-corrected chi connectivity index (χ3v) is 7.13. The van der Waals surface area contributed by atoms with Crippen molar-refractivity contribution in [3.63, 3.8) is 0 Å². The molecule has 2 fully saturated rings. The molecule has 4 rings (SSSR count). The average Bonchev–Trinajstić information content (AvgIpc) is 3.35. The van der Waals surface area contributed by atoms with Crippen molar-refractivity contribution in [3.05, 3.63) is 12.2 Å². The zero-order valence-electron chi connectivity index (χ0n) is 22.3. The summed E-state index contributed by atoms with van der Waals surface area (Å²) in [6.07, 6.45) is 3.89. The molecule has 0 amide bonds. The third-order valence-electron chi connectivity index (χ3n) is 7.13. The maximum atomic E-state index is 16.5. The number of aryl methyl sites for hydroxylation is 1. The number of nitrogens with one attached hydrogen (secondary N) is 1. The van der Waals surface area contributed by atoms with Crippen molar-refractivity contribution in [2.45, 2.75) is 96.7 Å². The van der Waals surface area contributed by atoms with Crippen LogP contribution in [0.5, 0.6) is 0 Å². The molecule has 0 bridgehead atoms. The highest BCUT2D eigenvalue weighted by Gasteiger charge is 2.58. The zero-order valence-corrected chi connectivity index (χ0v) is 22.3. The summed E-state index contributed by atoms with van der Waals surface area (Å²) < 4.78 is 35.3. The number of anilines is 1. The summed E-state index contributed by atoms with van der Waals surface area (Å²) in [5.41, 5.74) is -1.31. The number of imidazole rings is 1. The largest absolute Gasteiger partial charge is 0.463 e. The Hall–Kier alpha value is -2.82. The maximum Gasteiger partial charge on any atom is 0.306 e. The predicted octanol–water partition coefficient (Wildman–Crippen LogP) is 4.27. The lowest BCUT2D eigenvalue weighted by molar-refractivity contribution is -0.162. The molecule has 1 saturated carbocycles. The Morgan fingerprint density at radius 2 is 1.97 bits per heavy atom. The number of aromatic nitrogens is 4. The van der Waals surface area contributed by atoms with Crippen molar-refractivity contribution >= 4 is 28.9 Å². The molecule has 3 heterocycles.